The van der Waals surface area contributed by atoms with E-state index < -0.39 is 0 Å². The van der Waals surface area contributed by atoms with Crippen molar-refractivity contribution in [3.05, 3.63) is 0 Å². The van der Waals surface area contributed by atoms with Crippen LogP contribution in [0.25, 0.3) is 0 Å². The molecule has 0 saturated heterocycles. The molecule has 3 saturated carbocycles. The molecule has 3 fully saturated rings. The third-order valence-corrected chi connectivity index (χ3v) is 6.27. The van der Waals surface area contributed by atoms with Gasteiger partial charge in [0, 0.05) is 0 Å². The van der Waals surface area contributed by atoms with Crippen molar-refractivity contribution in [3.8, 4) is 0 Å². The lowest BCUT2D eigenvalue weighted by Gasteiger charge is -2.68. The van der Waals surface area contributed by atoms with Gasteiger partial charge in [-0.1, -0.05) is 59.8 Å². The van der Waals surface area contributed by atoms with E-state index in [0.29, 0.717) is 5.41 Å². The fourth-order valence-corrected chi connectivity index (χ4v) is 4.84. The summed E-state index contributed by atoms with van der Waals surface area (Å²) in [6, 6.07) is 0. The molecular formula is C16H30. The zero-order chi connectivity index (χ0) is 11.8. The fraction of sp³-hybridized carbons (Fsp3) is 1.00. The van der Waals surface area contributed by atoms with Crippen LogP contribution in [0.2, 0.25) is 0 Å². The summed E-state index contributed by atoms with van der Waals surface area (Å²) in [5, 5.41) is 0. The largest absolute Gasteiger partial charge is 0.0654 e. The van der Waals surface area contributed by atoms with Crippen molar-refractivity contribution in [2.45, 2.75) is 79.1 Å². The SMILES string of the molecule is CCCCCC(C)C12CCCC(C1)C2(C)C. The number of rotatable bonds is 5. The minimum Gasteiger partial charge on any atom is -0.0654 e. The first-order valence-corrected chi connectivity index (χ1v) is 7.54. The summed E-state index contributed by atoms with van der Waals surface area (Å²) in [7, 11) is 0. The Morgan fingerprint density at radius 1 is 1.25 bits per heavy atom. The maximum Gasteiger partial charge on any atom is -0.0215 e. The van der Waals surface area contributed by atoms with Crippen LogP contribution in [-0.4, -0.2) is 0 Å². The van der Waals surface area contributed by atoms with Gasteiger partial charge in [-0.05, 0) is 41.9 Å². The molecule has 0 heterocycles. The van der Waals surface area contributed by atoms with E-state index in [1.807, 2.05) is 0 Å². The van der Waals surface area contributed by atoms with Crippen molar-refractivity contribution in [2.75, 3.05) is 0 Å². The first kappa shape index (κ1) is 12.5. The van der Waals surface area contributed by atoms with Gasteiger partial charge in [0.1, 0.15) is 0 Å². The van der Waals surface area contributed by atoms with Gasteiger partial charge in [0.2, 0.25) is 0 Å². The van der Waals surface area contributed by atoms with Gasteiger partial charge in [-0.25, -0.2) is 0 Å². The molecule has 0 radical (unpaired) electrons. The Hall–Kier alpha value is 0. The molecule has 3 aliphatic carbocycles. The molecular weight excluding hydrogens is 192 g/mol. The molecule has 0 aromatic carbocycles. The summed E-state index contributed by atoms with van der Waals surface area (Å²) < 4.78 is 0. The van der Waals surface area contributed by atoms with Crippen molar-refractivity contribution in [2.24, 2.45) is 22.7 Å². The molecule has 16 heavy (non-hydrogen) atoms. The molecule has 0 nitrogen and oxygen atoms in total. The standard InChI is InChI=1S/C16H30/c1-5-6-7-9-13(2)16-11-8-10-14(12-16)15(16,3)4/h13-14H,5-12H2,1-4H3. The van der Waals surface area contributed by atoms with E-state index in [-0.39, 0.29) is 0 Å². The molecule has 3 unspecified atom stereocenters. The molecule has 3 atom stereocenters. The molecule has 0 spiro atoms. The maximum absolute atomic E-state index is 2.55. The van der Waals surface area contributed by atoms with Crippen molar-refractivity contribution < 1.29 is 0 Å². The second kappa shape index (κ2) is 4.35. The van der Waals surface area contributed by atoms with Gasteiger partial charge >= 0.3 is 0 Å². The average molecular weight is 222 g/mol. The predicted molar refractivity (Wildman–Crippen MR) is 71.5 cm³/mol. The van der Waals surface area contributed by atoms with E-state index in [9.17, 15) is 0 Å². The Kier molecular flexibility index (Phi) is 3.39. The van der Waals surface area contributed by atoms with E-state index in [4.69, 9.17) is 0 Å². The highest BCUT2D eigenvalue weighted by Crippen LogP contribution is 2.71. The third kappa shape index (κ3) is 1.64. The molecule has 0 aromatic rings. The van der Waals surface area contributed by atoms with Gasteiger partial charge < -0.3 is 0 Å². The van der Waals surface area contributed by atoms with Gasteiger partial charge in [-0.2, -0.15) is 0 Å². The summed E-state index contributed by atoms with van der Waals surface area (Å²) in [6.07, 6.45) is 11.8. The van der Waals surface area contributed by atoms with Crippen molar-refractivity contribution in [1.29, 1.82) is 0 Å². The molecule has 3 rings (SSSR count). The lowest BCUT2D eigenvalue weighted by Crippen LogP contribution is -2.60. The smallest absolute Gasteiger partial charge is 0.0215 e. The second-order valence-electron chi connectivity index (χ2n) is 7.07. The summed E-state index contributed by atoms with van der Waals surface area (Å²) in [5.41, 5.74) is 1.38. The Bertz CT molecular complexity index is 236. The summed E-state index contributed by atoms with van der Waals surface area (Å²) in [4.78, 5) is 0. The quantitative estimate of drug-likeness (QED) is 0.545. The first-order valence-electron chi connectivity index (χ1n) is 7.54. The molecule has 2 bridgehead atoms. The van der Waals surface area contributed by atoms with E-state index in [1.54, 1.807) is 6.42 Å². The summed E-state index contributed by atoms with van der Waals surface area (Å²) >= 11 is 0. The Labute approximate surface area is 102 Å². The van der Waals surface area contributed by atoms with Crippen LogP contribution in [0.1, 0.15) is 79.1 Å². The van der Waals surface area contributed by atoms with Gasteiger partial charge in [0.15, 0.2) is 0 Å². The zero-order valence-corrected chi connectivity index (χ0v) is 11.8. The molecule has 0 aliphatic heterocycles. The molecule has 3 aliphatic rings. The fourth-order valence-electron chi connectivity index (χ4n) is 4.84. The van der Waals surface area contributed by atoms with Crippen LogP contribution in [-0.2, 0) is 0 Å². The zero-order valence-electron chi connectivity index (χ0n) is 11.8. The van der Waals surface area contributed by atoms with Crippen LogP contribution in [0.5, 0.6) is 0 Å². The van der Waals surface area contributed by atoms with Gasteiger partial charge in [0.25, 0.3) is 0 Å². The number of hydrogen-bond acceptors (Lipinski definition) is 0. The van der Waals surface area contributed by atoms with Crippen LogP contribution in [0.3, 0.4) is 0 Å². The third-order valence-electron chi connectivity index (χ3n) is 6.27. The maximum atomic E-state index is 2.55. The van der Waals surface area contributed by atoms with E-state index in [2.05, 4.69) is 27.7 Å². The highest BCUT2D eigenvalue weighted by atomic mass is 14.7. The predicted octanol–water partition coefficient (Wildman–Crippen LogP) is 5.42. The lowest BCUT2D eigenvalue weighted by atomic mass is 9.36. The molecule has 0 N–H and O–H groups in total. The minimum atomic E-state index is 0.650. The number of fused-ring (bicyclic) bond motifs is 2. The van der Waals surface area contributed by atoms with E-state index >= 15 is 0 Å². The van der Waals surface area contributed by atoms with Crippen LogP contribution >= 0.6 is 0 Å². The van der Waals surface area contributed by atoms with Crippen molar-refractivity contribution in [3.63, 3.8) is 0 Å². The highest BCUT2D eigenvalue weighted by Gasteiger charge is 2.62. The van der Waals surface area contributed by atoms with Crippen LogP contribution < -0.4 is 0 Å². The van der Waals surface area contributed by atoms with Crippen LogP contribution in [0.4, 0.5) is 0 Å². The van der Waals surface area contributed by atoms with E-state index in [0.717, 1.165) is 17.3 Å². The first-order chi connectivity index (χ1) is 7.54. The average Bonchev–Trinajstić information content (AvgIpc) is 2.29. The van der Waals surface area contributed by atoms with Gasteiger partial charge in [-0.15, -0.1) is 0 Å². The molecule has 0 heteroatoms. The minimum absolute atomic E-state index is 0.650. The second-order valence-corrected chi connectivity index (χ2v) is 7.07. The lowest BCUT2D eigenvalue weighted by molar-refractivity contribution is -0.193. The normalized spacial score (nSPS) is 37.9. The van der Waals surface area contributed by atoms with Gasteiger partial charge in [-0.3, -0.25) is 0 Å². The number of hydrogen-bond donors (Lipinski definition) is 0. The summed E-state index contributed by atoms with van der Waals surface area (Å²) in [5.74, 6) is 2.01. The number of unbranched alkanes of at least 4 members (excludes halogenated alkanes) is 2. The Morgan fingerprint density at radius 2 is 2.00 bits per heavy atom. The molecule has 0 amide bonds. The molecule has 94 valence electrons. The Balaban J connectivity index is 1.96. The van der Waals surface area contributed by atoms with Crippen LogP contribution in [0, 0.1) is 22.7 Å². The van der Waals surface area contributed by atoms with Crippen LogP contribution in [0.15, 0.2) is 0 Å². The summed E-state index contributed by atoms with van der Waals surface area (Å²) in [6.45, 7) is 9.96. The highest BCUT2D eigenvalue weighted by molar-refractivity contribution is 5.11. The van der Waals surface area contributed by atoms with E-state index in [1.165, 1.54) is 44.9 Å². The van der Waals surface area contributed by atoms with Gasteiger partial charge in [0.05, 0.1) is 0 Å². The molecule has 0 aromatic heterocycles. The van der Waals surface area contributed by atoms with Crippen molar-refractivity contribution >= 4 is 0 Å². The topological polar surface area (TPSA) is 0 Å². The monoisotopic (exact) mass is 222 g/mol. The van der Waals surface area contributed by atoms with Crippen molar-refractivity contribution in [1.82, 2.24) is 0 Å². The Morgan fingerprint density at radius 3 is 2.56 bits per heavy atom.